The van der Waals surface area contributed by atoms with Crippen molar-refractivity contribution in [1.82, 2.24) is 10.2 Å². The van der Waals surface area contributed by atoms with Gasteiger partial charge in [-0.15, -0.1) is 0 Å². The van der Waals surface area contributed by atoms with Crippen LogP contribution in [-0.4, -0.2) is 62.5 Å². The van der Waals surface area contributed by atoms with Gasteiger partial charge in [0.25, 0.3) is 5.91 Å². The fraction of sp³-hybridized carbons (Fsp3) is 0.241. The number of carbonyl (C=O) groups is 2. The predicted molar refractivity (Wildman–Crippen MR) is 152 cm³/mol. The molecule has 3 aromatic rings. The van der Waals surface area contributed by atoms with Crippen LogP contribution in [0, 0.1) is 0 Å². The lowest BCUT2D eigenvalue weighted by Gasteiger charge is -2.36. The summed E-state index contributed by atoms with van der Waals surface area (Å²) in [7, 11) is 0. The lowest BCUT2D eigenvalue weighted by atomic mass is 10.2. The van der Waals surface area contributed by atoms with E-state index in [1.165, 1.54) is 17.4 Å². The number of hydrogen-bond donors (Lipinski definition) is 1. The van der Waals surface area contributed by atoms with Crippen molar-refractivity contribution in [3.63, 3.8) is 0 Å². The Hall–Kier alpha value is -3.26. The van der Waals surface area contributed by atoms with Gasteiger partial charge in [-0.2, -0.15) is 0 Å². The maximum absolute atomic E-state index is 13.4. The van der Waals surface area contributed by atoms with E-state index >= 15 is 0 Å². The molecule has 2 aliphatic rings. The fourth-order valence-electron chi connectivity index (χ4n) is 4.59. The van der Waals surface area contributed by atoms with Gasteiger partial charge in [-0.3, -0.25) is 19.4 Å². The average Bonchev–Trinajstić information content (AvgIpc) is 2.92. The van der Waals surface area contributed by atoms with Gasteiger partial charge in [0, 0.05) is 54.9 Å². The van der Waals surface area contributed by atoms with Crippen molar-refractivity contribution in [2.24, 2.45) is 0 Å². The molecule has 0 radical (unpaired) electrons. The Balaban J connectivity index is 1.17. The van der Waals surface area contributed by atoms with Crippen LogP contribution in [0.1, 0.15) is 5.56 Å². The van der Waals surface area contributed by atoms with Crippen molar-refractivity contribution in [1.29, 1.82) is 0 Å². The van der Waals surface area contributed by atoms with E-state index in [-0.39, 0.29) is 18.4 Å². The summed E-state index contributed by atoms with van der Waals surface area (Å²) in [5.41, 5.74) is 2.86. The summed E-state index contributed by atoms with van der Waals surface area (Å²) >= 11 is 7.54. The zero-order chi connectivity index (χ0) is 25.6. The van der Waals surface area contributed by atoms with Gasteiger partial charge in [-0.1, -0.05) is 65.8 Å². The molecule has 190 valence electrons. The topological polar surface area (TPSA) is 55.9 Å². The molecule has 1 N–H and O–H groups in total. The lowest BCUT2D eigenvalue weighted by Crippen LogP contribution is -2.49. The molecule has 5 rings (SSSR count). The fourth-order valence-corrected chi connectivity index (χ4v) is 5.85. The summed E-state index contributed by atoms with van der Waals surface area (Å²) in [6.07, 6.45) is 1.83. The van der Waals surface area contributed by atoms with Crippen LogP contribution in [0.25, 0.3) is 6.08 Å². The van der Waals surface area contributed by atoms with Crippen LogP contribution in [0.15, 0.2) is 88.7 Å². The van der Waals surface area contributed by atoms with Crippen molar-refractivity contribution in [2.75, 3.05) is 55.6 Å². The summed E-state index contributed by atoms with van der Waals surface area (Å²) in [5, 5.41) is 3.62. The quantitative estimate of drug-likeness (QED) is 0.445. The minimum atomic E-state index is -0.184. The van der Waals surface area contributed by atoms with Crippen LogP contribution in [-0.2, 0) is 9.59 Å². The van der Waals surface area contributed by atoms with E-state index in [1.807, 2.05) is 54.6 Å². The van der Waals surface area contributed by atoms with Gasteiger partial charge in [0.15, 0.2) is 0 Å². The highest BCUT2D eigenvalue weighted by Gasteiger charge is 2.30. The van der Waals surface area contributed by atoms with E-state index in [0.717, 1.165) is 48.9 Å². The van der Waals surface area contributed by atoms with Crippen molar-refractivity contribution < 1.29 is 9.59 Å². The van der Waals surface area contributed by atoms with Crippen molar-refractivity contribution in [2.45, 2.75) is 4.90 Å². The molecule has 0 saturated carbocycles. The number of thioether (sulfide) groups is 1. The Morgan fingerprint density at radius 3 is 2.49 bits per heavy atom. The number of para-hydroxylation sites is 2. The molecule has 8 heteroatoms. The number of fused-ring (bicyclic) bond motifs is 1. The lowest BCUT2D eigenvalue weighted by molar-refractivity contribution is -0.122. The van der Waals surface area contributed by atoms with Gasteiger partial charge in [0.1, 0.15) is 6.54 Å². The second kappa shape index (κ2) is 11.9. The van der Waals surface area contributed by atoms with Gasteiger partial charge in [-0.05, 0) is 48.0 Å². The number of hydrogen-bond acceptors (Lipinski definition) is 5. The molecule has 0 atom stereocenters. The molecule has 37 heavy (non-hydrogen) atoms. The van der Waals surface area contributed by atoms with Crippen LogP contribution in [0.5, 0.6) is 0 Å². The third-order valence-electron chi connectivity index (χ3n) is 6.52. The first-order chi connectivity index (χ1) is 18.1. The molecule has 0 unspecified atom stereocenters. The summed E-state index contributed by atoms with van der Waals surface area (Å²) in [4.78, 5) is 34.1. The number of nitrogens with zero attached hydrogens (tertiary/aromatic N) is 3. The Labute approximate surface area is 226 Å². The van der Waals surface area contributed by atoms with E-state index in [4.69, 9.17) is 11.6 Å². The SMILES string of the molecule is O=C(CN1C(=O)/C(=C/c2cccc(Cl)c2)Sc2ccccc21)NCCN1CCN(c2ccccc2)CC1. The Bertz CT molecular complexity index is 1290. The van der Waals surface area contributed by atoms with Gasteiger partial charge < -0.3 is 10.2 Å². The maximum Gasteiger partial charge on any atom is 0.265 e. The van der Waals surface area contributed by atoms with E-state index in [1.54, 1.807) is 11.0 Å². The molecule has 0 spiro atoms. The average molecular weight is 533 g/mol. The first-order valence-electron chi connectivity index (χ1n) is 12.4. The normalized spacial score (nSPS) is 17.1. The van der Waals surface area contributed by atoms with Crippen LogP contribution >= 0.6 is 23.4 Å². The summed E-state index contributed by atoms with van der Waals surface area (Å²) < 4.78 is 0. The molecule has 0 aromatic heterocycles. The van der Waals surface area contributed by atoms with E-state index < -0.39 is 0 Å². The van der Waals surface area contributed by atoms with E-state index in [0.29, 0.717) is 16.5 Å². The second-order valence-electron chi connectivity index (χ2n) is 9.04. The molecule has 0 bridgehead atoms. The largest absolute Gasteiger partial charge is 0.369 e. The molecule has 3 aromatic carbocycles. The van der Waals surface area contributed by atoms with Crippen molar-refractivity contribution in [3.8, 4) is 0 Å². The number of amides is 2. The minimum Gasteiger partial charge on any atom is -0.369 e. The number of rotatable bonds is 7. The monoisotopic (exact) mass is 532 g/mol. The number of carbonyl (C=O) groups excluding carboxylic acids is 2. The maximum atomic E-state index is 13.4. The molecule has 0 aliphatic carbocycles. The number of nitrogens with one attached hydrogen (secondary N) is 1. The van der Waals surface area contributed by atoms with Crippen molar-refractivity contribution >= 4 is 52.6 Å². The third-order valence-corrected chi connectivity index (χ3v) is 7.84. The number of halogens is 1. The Morgan fingerprint density at radius 1 is 0.946 bits per heavy atom. The molecule has 2 amide bonds. The molecule has 1 fully saturated rings. The van der Waals surface area contributed by atoms with Gasteiger partial charge in [0.05, 0.1) is 10.6 Å². The predicted octanol–water partition coefficient (Wildman–Crippen LogP) is 4.76. The molecule has 6 nitrogen and oxygen atoms in total. The number of benzene rings is 3. The highest BCUT2D eigenvalue weighted by Crippen LogP contribution is 2.42. The Morgan fingerprint density at radius 2 is 1.70 bits per heavy atom. The summed E-state index contributed by atoms with van der Waals surface area (Å²) in [5.74, 6) is -0.351. The first kappa shape index (κ1) is 25.4. The van der Waals surface area contributed by atoms with Crippen LogP contribution in [0.4, 0.5) is 11.4 Å². The minimum absolute atomic E-state index is 0.0227. The van der Waals surface area contributed by atoms with E-state index in [2.05, 4.69) is 39.4 Å². The van der Waals surface area contributed by atoms with Crippen LogP contribution in [0.3, 0.4) is 0 Å². The molecular weight excluding hydrogens is 504 g/mol. The molecule has 2 aliphatic heterocycles. The van der Waals surface area contributed by atoms with Crippen molar-refractivity contribution in [3.05, 3.63) is 94.4 Å². The smallest absolute Gasteiger partial charge is 0.265 e. The van der Waals surface area contributed by atoms with Gasteiger partial charge in [0.2, 0.25) is 5.91 Å². The molecule has 1 saturated heterocycles. The first-order valence-corrected chi connectivity index (χ1v) is 13.6. The van der Waals surface area contributed by atoms with E-state index in [9.17, 15) is 9.59 Å². The summed E-state index contributed by atoms with van der Waals surface area (Å²) in [6, 6.07) is 25.5. The van der Waals surface area contributed by atoms with Crippen LogP contribution in [0.2, 0.25) is 5.02 Å². The zero-order valence-electron chi connectivity index (χ0n) is 20.5. The number of anilines is 2. The Kier molecular flexibility index (Phi) is 8.14. The zero-order valence-corrected chi connectivity index (χ0v) is 22.0. The standard InChI is InChI=1S/C29H29ClN4O2S/c30-23-8-6-7-22(19-23)20-27-29(36)34(25-11-4-5-12-26(25)37-27)21-28(35)31-13-14-32-15-17-33(18-16-32)24-9-2-1-3-10-24/h1-12,19-20H,13-18,21H2,(H,31,35)/b27-20-. The van der Waals surface area contributed by atoms with Gasteiger partial charge in [-0.25, -0.2) is 0 Å². The number of piperazine rings is 1. The highest BCUT2D eigenvalue weighted by molar-refractivity contribution is 8.04. The van der Waals surface area contributed by atoms with Crippen LogP contribution < -0.4 is 15.1 Å². The highest BCUT2D eigenvalue weighted by atomic mass is 35.5. The third kappa shape index (κ3) is 6.36. The molecule has 2 heterocycles. The molecular formula is C29H29ClN4O2S. The second-order valence-corrected chi connectivity index (χ2v) is 10.6. The summed E-state index contributed by atoms with van der Waals surface area (Å²) in [6.45, 7) is 5.16. The van der Waals surface area contributed by atoms with Gasteiger partial charge >= 0.3 is 0 Å².